The van der Waals surface area contributed by atoms with Gasteiger partial charge in [-0.05, 0) is 32.4 Å². The van der Waals surface area contributed by atoms with Crippen LogP contribution in [0.3, 0.4) is 0 Å². The van der Waals surface area contributed by atoms with Crippen LogP contribution >= 0.6 is 0 Å². The molecule has 0 aromatic heterocycles. The molecule has 0 aromatic carbocycles. The Hall–Kier alpha value is -0.300. The summed E-state index contributed by atoms with van der Waals surface area (Å²) in [5.74, 6) is 0. The van der Waals surface area contributed by atoms with Crippen molar-refractivity contribution in [3.05, 3.63) is 12.2 Å². The molecule has 0 N–H and O–H groups in total. The maximum Gasteiger partial charge on any atom is 0.0163 e. The first kappa shape index (κ1) is 11.7. The second-order valence-corrected chi connectivity index (χ2v) is 3.18. The predicted octanol–water partition coefficient (Wildman–Crippen LogP) is 3.07. The largest absolute Gasteiger partial charge is 0.300 e. The van der Waals surface area contributed by atoms with Gasteiger partial charge >= 0.3 is 0 Å². The van der Waals surface area contributed by atoms with Gasteiger partial charge in [-0.2, -0.15) is 0 Å². The molecule has 0 rings (SSSR count). The van der Waals surface area contributed by atoms with Crippen molar-refractivity contribution in [1.29, 1.82) is 0 Å². The molecule has 12 heavy (non-hydrogen) atoms. The molecule has 1 heteroatoms. The second-order valence-electron chi connectivity index (χ2n) is 3.18. The van der Waals surface area contributed by atoms with Crippen LogP contribution in [0, 0.1) is 0 Å². The van der Waals surface area contributed by atoms with E-state index in [1.807, 2.05) is 0 Å². The Labute approximate surface area is 77.5 Å². The Balaban J connectivity index is 3.54. The first-order chi connectivity index (χ1) is 5.85. The molecular formula is C11H23N. The third-order valence-corrected chi connectivity index (χ3v) is 1.85. The van der Waals surface area contributed by atoms with E-state index in [1.165, 1.54) is 25.9 Å². The molecule has 72 valence electrons. The molecule has 0 aromatic rings. The van der Waals surface area contributed by atoms with Gasteiger partial charge in [0, 0.05) is 6.54 Å². The molecule has 0 radical (unpaired) electrons. The smallest absolute Gasteiger partial charge is 0.0163 e. The van der Waals surface area contributed by atoms with Gasteiger partial charge in [-0.1, -0.05) is 32.9 Å². The molecule has 0 amide bonds. The fourth-order valence-electron chi connectivity index (χ4n) is 1.32. The van der Waals surface area contributed by atoms with Crippen molar-refractivity contribution in [1.82, 2.24) is 4.90 Å². The van der Waals surface area contributed by atoms with Crippen molar-refractivity contribution >= 4 is 0 Å². The molecule has 0 spiro atoms. The van der Waals surface area contributed by atoms with Crippen molar-refractivity contribution < 1.29 is 0 Å². The second kappa shape index (κ2) is 8.79. The van der Waals surface area contributed by atoms with Crippen molar-refractivity contribution in [2.75, 3.05) is 19.6 Å². The Morgan fingerprint density at radius 2 is 1.50 bits per heavy atom. The zero-order chi connectivity index (χ0) is 9.23. The van der Waals surface area contributed by atoms with Crippen LogP contribution in [0.5, 0.6) is 0 Å². The lowest BCUT2D eigenvalue weighted by atomic mass is 10.3. The number of hydrogen-bond donors (Lipinski definition) is 0. The molecule has 1 nitrogen and oxygen atoms in total. The van der Waals surface area contributed by atoms with E-state index in [9.17, 15) is 0 Å². The van der Waals surface area contributed by atoms with Gasteiger partial charge in [0.25, 0.3) is 0 Å². The Morgan fingerprint density at radius 1 is 0.917 bits per heavy atom. The zero-order valence-electron chi connectivity index (χ0n) is 8.84. The maximum atomic E-state index is 2.51. The normalized spacial score (nSPS) is 11.7. The minimum Gasteiger partial charge on any atom is -0.300 e. The lowest BCUT2D eigenvalue weighted by molar-refractivity contribution is 0.303. The molecule has 0 aliphatic heterocycles. The van der Waals surface area contributed by atoms with E-state index in [0.29, 0.717) is 0 Å². The van der Waals surface area contributed by atoms with Gasteiger partial charge in [0.05, 0.1) is 0 Å². The van der Waals surface area contributed by atoms with Crippen LogP contribution in [0.4, 0.5) is 0 Å². The van der Waals surface area contributed by atoms with Crippen molar-refractivity contribution in [2.24, 2.45) is 0 Å². The van der Waals surface area contributed by atoms with Gasteiger partial charge in [0.2, 0.25) is 0 Å². The summed E-state index contributed by atoms with van der Waals surface area (Å²) in [4.78, 5) is 2.51. The van der Waals surface area contributed by atoms with E-state index < -0.39 is 0 Å². The molecule has 0 saturated heterocycles. The molecular weight excluding hydrogens is 146 g/mol. The van der Waals surface area contributed by atoms with Crippen molar-refractivity contribution in [2.45, 2.75) is 40.0 Å². The van der Waals surface area contributed by atoms with Crippen LogP contribution in [0.15, 0.2) is 12.2 Å². The molecule has 0 saturated carbocycles. The van der Waals surface area contributed by atoms with E-state index >= 15 is 0 Å². The van der Waals surface area contributed by atoms with E-state index in [-0.39, 0.29) is 0 Å². The van der Waals surface area contributed by atoms with Crippen LogP contribution < -0.4 is 0 Å². The van der Waals surface area contributed by atoms with Crippen molar-refractivity contribution in [3.63, 3.8) is 0 Å². The molecule has 0 heterocycles. The fourth-order valence-corrected chi connectivity index (χ4v) is 1.32. The van der Waals surface area contributed by atoms with Gasteiger partial charge in [-0.25, -0.2) is 0 Å². The van der Waals surface area contributed by atoms with Crippen molar-refractivity contribution in [3.8, 4) is 0 Å². The summed E-state index contributed by atoms with van der Waals surface area (Å²) in [6.07, 6.45) is 8.22. The average molecular weight is 169 g/mol. The summed E-state index contributed by atoms with van der Waals surface area (Å²) in [7, 11) is 0. The number of nitrogens with zero attached hydrogens (tertiary/aromatic N) is 1. The molecule has 0 aliphatic rings. The highest BCUT2D eigenvalue weighted by Gasteiger charge is 1.97. The quantitative estimate of drug-likeness (QED) is 0.529. The van der Waals surface area contributed by atoms with Gasteiger partial charge in [0.1, 0.15) is 0 Å². The first-order valence-electron chi connectivity index (χ1n) is 5.22. The number of hydrogen-bond acceptors (Lipinski definition) is 1. The SMILES string of the molecule is CCC=CCN(CCC)CCC. The van der Waals surface area contributed by atoms with Crippen LogP contribution in [0.2, 0.25) is 0 Å². The van der Waals surface area contributed by atoms with Gasteiger partial charge < -0.3 is 0 Å². The van der Waals surface area contributed by atoms with E-state index in [1.54, 1.807) is 0 Å². The van der Waals surface area contributed by atoms with Crippen LogP contribution in [-0.4, -0.2) is 24.5 Å². The predicted molar refractivity (Wildman–Crippen MR) is 56.5 cm³/mol. The third-order valence-electron chi connectivity index (χ3n) is 1.85. The first-order valence-corrected chi connectivity index (χ1v) is 5.22. The van der Waals surface area contributed by atoms with Crippen LogP contribution in [-0.2, 0) is 0 Å². The lowest BCUT2D eigenvalue weighted by Crippen LogP contribution is -2.25. The highest BCUT2D eigenvalue weighted by Crippen LogP contribution is 1.94. The summed E-state index contributed by atoms with van der Waals surface area (Å²) < 4.78 is 0. The Kier molecular flexibility index (Phi) is 8.57. The van der Waals surface area contributed by atoms with E-state index in [0.717, 1.165) is 13.0 Å². The van der Waals surface area contributed by atoms with Crippen LogP contribution in [0.25, 0.3) is 0 Å². The summed E-state index contributed by atoms with van der Waals surface area (Å²) in [5, 5.41) is 0. The molecule has 0 unspecified atom stereocenters. The molecule has 0 bridgehead atoms. The van der Waals surface area contributed by atoms with E-state index in [4.69, 9.17) is 0 Å². The van der Waals surface area contributed by atoms with E-state index in [2.05, 4.69) is 37.8 Å². The molecule has 0 fully saturated rings. The van der Waals surface area contributed by atoms with Gasteiger partial charge in [0.15, 0.2) is 0 Å². The molecule has 0 atom stereocenters. The highest BCUT2D eigenvalue weighted by atomic mass is 15.1. The topological polar surface area (TPSA) is 3.24 Å². The summed E-state index contributed by atoms with van der Waals surface area (Å²) >= 11 is 0. The Bertz CT molecular complexity index is 102. The maximum absolute atomic E-state index is 2.51. The lowest BCUT2D eigenvalue weighted by Gasteiger charge is -2.18. The standard InChI is InChI=1S/C11H23N/c1-4-7-8-11-12(9-5-2)10-6-3/h7-8H,4-6,9-11H2,1-3H3. The van der Waals surface area contributed by atoms with Gasteiger partial charge in [-0.3, -0.25) is 4.90 Å². The zero-order valence-corrected chi connectivity index (χ0v) is 8.84. The number of rotatable bonds is 7. The number of allylic oxidation sites excluding steroid dienone is 1. The Morgan fingerprint density at radius 3 is 1.92 bits per heavy atom. The fraction of sp³-hybridized carbons (Fsp3) is 0.818. The highest BCUT2D eigenvalue weighted by molar-refractivity contribution is 4.83. The van der Waals surface area contributed by atoms with Crippen LogP contribution in [0.1, 0.15) is 40.0 Å². The monoisotopic (exact) mass is 169 g/mol. The minimum atomic E-state index is 1.13. The average Bonchev–Trinajstić information content (AvgIpc) is 2.06. The summed E-state index contributed by atoms with van der Waals surface area (Å²) in [6.45, 7) is 10.3. The summed E-state index contributed by atoms with van der Waals surface area (Å²) in [5.41, 5.74) is 0. The molecule has 0 aliphatic carbocycles. The minimum absolute atomic E-state index is 1.13. The third kappa shape index (κ3) is 6.41. The van der Waals surface area contributed by atoms with Gasteiger partial charge in [-0.15, -0.1) is 0 Å². The summed E-state index contributed by atoms with van der Waals surface area (Å²) in [6, 6.07) is 0.